The molecule has 0 aliphatic carbocycles. The highest BCUT2D eigenvalue weighted by Gasteiger charge is 2.42. The van der Waals surface area contributed by atoms with Crippen molar-refractivity contribution in [1.29, 1.82) is 0 Å². The molecule has 3 aliphatic heterocycles. The van der Waals surface area contributed by atoms with Crippen LogP contribution in [0.3, 0.4) is 0 Å². The maximum atomic E-state index is 14.1. The summed E-state index contributed by atoms with van der Waals surface area (Å²) in [6.07, 6.45) is 2.21. The number of piperidine rings is 1. The van der Waals surface area contributed by atoms with Crippen LogP contribution in [0.4, 0.5) is 20.2 Å². The molecule has 4 nitrogen and oxygen atoms in total. The van der Waals surface area contributed by atoms with Crippen molar-refractivity contribution >= 4 is 11.4 Å². The Morgan fingerprint density at radius 3 is 2.40 bits per heavy atom. The molecule has 3 aliphatic rings. The fraction of sp³-hybridized carbons (Fsp3) is 0.500. The molecule has 0 amide bonds. The molecule has 3 heterocycles. The number of nitrogens with one attached hydrogen (secondary N) is 1. The molecule has 2 saturated heterocycles. The third-order valence-electron chi connectivity index (χ3n) is 6.90. The highest BCUT2D eigenvalue weighted by atomic mass is 19.1. The Hall–Kier alpha value is -2.02. The molecule has 2 fully saturated rings. The van der Waals surface area contributed by atoms with Crippen molar-refractivity contribution in [2.24, 2.45) is 0 Å². The van der Waals surface area contributed by atoms with Crippen LogP contribution in [0.1, 0.15) is 24.3 Å². The molecule has 0 bridgehead atoms. The standard InChI is InChI=1S/C24H30F2N4/c25-18-2-5-20(6-3-18)30-23-7-4-19(26)16-21(23)22-17-29(13-8-24(22)30)12-1-11-28-14-9-27-10-15-28/h2-7,16,22,24,27H,1,8-15,17H2. The van der Waals surface area contributed by atoms with Crippen molar-refractivity contribution in [2.75, 3.05) is 57.3 Å². The van der Waals surface area contributed by atoms with Crippen molar-refractivity contribution in [2.45, 2.75) is 24.8 Å². The van der Waals surface area contributed by atoms with Gasteiger partial charge in [0.2, 0.25) is 0 Å². The third-order valence-corrected chi connectivity index (χ3v) is 6.90. The topological polar surface area (TPSA) is 21.8 Å². The summed E-state index contributed by atoms with van der Waals surface area (Å²) in [4.78, 5) is 7.39. The molecule has 0 spiro atoms. The van der Waals surface area contributed by atoms with Crippen molar-refractivity contribution in [3.05, 3.63) is 59.7 Å². The van der Waals surface area contributed by atoms with E-state index in [9.17, 15) is 8.78 Å². The number of piperazine rings is 1. The molecule has 0 radical (unpaired) electrons. The second-order valence-corrected chi connectivity index (χ2v) is 8.76. The summed E-state index contributed by atoms with van der Waals surface area (Å²) in [6, 6.07) is 12.1. The van der Waals surface area contributed by atoms with Gasteiger partial charge < -0.3 is 20.0 Å². The van der Waals surface area contributed by atoms with Crippen LogP contribution in [0.15, 0.2) is 42.5 Å². The molecule has 2 unspecified atom stereocenters. The summed E-state index contributed by atoms with van der Waals surface area (Å²) < 4.78 is 27.6. The van der Waals surface area contributed by atoms with Crippen LogP contribution < -0.4 is 10.2 Å². The first-order valence-corrected chi connectivity index (χ1v) is 11.2. The lowest BCUT2D eigenvalue weighted by Crippen LogP contribution is -2.46. The summed E-state index contributed by atoms with van der Waals surface area (Å²) in [5.74, 6) is -0.119. The van der Waals surface area contributed by atoms with Crippen LogP contribution in [-0.4, -0.2) is 68.2 Å². The van der Waals surface area contributed by atoms with Gasteiger partial charge in [0.05, 0.1) is 0 Å². The number of hydrogen-bond acceptors (Lipinski definition) is 4. The SMILES string of the molecule is Fc1ccc(N2c3ccc(F)cc3C3CN(CCCN4CCNCC4)CCC32)cc1. The Kier molecular flexibility index (Phi) is 5.72. The van der Waals surface area contributed by atoms with E-state index < -0.39 is 0 Å². The second kappa shape index (κ2) is 8.61. The van der Waals surface area contributed by atoms with Crippen LogP contribution in [-0.2, 0) is 0 Å². The van der Waals surface area contributed by atoms with E-state index in [1.807, 2.05) is 18.2 Å². The van der Waals surface area contributed by atoms with Gasteiger partial charge in [-0.25, -0.2) is 8.78 Å². The Balaban J connectivity index is 1.30. The van der Waals surface area contributed by atoms with Gasteiger partial charge in [-0.2, -0.15) is 0 Å². The minimum atomic E-state index is -0.229. The predicted octanol–water partition coefficient (Wildman–Crippen LogP) is 3.57. The largest absolute Gasteiger partial charge is 0.337 e. The van der Waals surface area contributed by atoms with Crippen molar-refractivity contribution in [3.8, 4) is 0 Å². The molecule has 160 valence electrons. The number of fused-ring (bicyclic) bond motifs is 3. The number of hydrogen-bond donors (Lipinski definition) is 1. The van der Waals surface area contributed by atoms with Gasteiger partial charge in [0.25, 0.3) is 0 Å². The Bertz CT molecular complexity index is 866. The molecule has 0 aromatic heterocycles. The highest BCUT2D eigenvalue weighted by Crippen LogP contribution is 2.48. The van der Waals surface area contributed by atoms with Gasteiger partial charge in [-0.1, -0.05) is 0 Å². The number of halogens is 2. The Morgan fingerprint density at radius 1 is 0.867 bits per heavy atom. The van der Waals surface area contributed by atoms with E-state index in [0.29, 0.717) is 6.04 Å². The number of likely N-dealkylation sites (tertiary alicyclic amines) is 1. The molecule has 2 aromatic carbocycles. The lowest BCUT2D eigenvalue weighted by molar-refractivity contribution is 0.175. The first-order chi connectivity index (χ1) is 14.7. The van der Waals surface area contributed by atoms with Crippen LogP contribution in [0.5, 0.6) is 0 Å². The van der Waals surface area contributed by atoms with Crippen LogP contribution >= 0.6 is 0 Å². The summed E-state index contributed by atoms with van der Waals surface area (Å²) >= 11 is 0. The second-order valence-electron chi connectivity index (χ2n) is 8.76. The van der Waals surface area contributed by atoms with Crippen LogP contribution in [0.2, 0.25) is 0 Å². The smallest absolute Gasteiger partial charge is 0.123 e. The average molecular weight is 413 g/mol. The predicted molar refractivity (Wildman–Crippen MR) is 116 cm³/mol. The third kappa shape index (κ3) is 3.96. The first kappa shape index (κ1) is 19.9. The van der Waals surface area contributed by atoms with Gasteiger partial charge in [-0.3, -0.25) is 0 Å². The summed E-state index contributed by atoms with van der Waals surface area (Å²) in [5.41, 5.74) is 3.15. The molecule has 6 heteroatoms. The zero-order valence-electron chi connectivity index (χ0n) is 17.4. The van der Waals surface area contributed by atoms with Crippen LogP contribution in [0, 0.1) is 11.6 Å². The van der Waals surface area contributed by atoms with E-state index in [1.165, 1.54) is 24.6 Å². The zero-order chi connectivity index (χ0) is 20.5. The van der Waals surface area contributed by atoms with E-state index in [4.69, 9.17) is 0 Å². The van der Waals surface area contributed by atoms with Crippen molar-refractivity contribution in [1.82, 2.24) is 15.1 Å². The van der Waals surface area contributed by atoms with Crippen LogP contribution in [0.25, 0.3) is 0 Å². The Morgan fingerprint density at radius 2 is 1.60 bits per heavy atom. The molecular weight excluding hydrogens is 382 g/mol. The van der Waals surface area contributed by atoms with E-state index in [-0.39, 0.29) is 17.6 Å². The molecule has 2 aromatic rings. The number of benzene rings is 2. The maximum Gasteiger partial charge on any atom is 0.123 e. The van der Waals surface area contributed by atoms with Gasteiger partial charge in [-0.05, 0) is 74.0 Å². The lowest BCUT2D eigenvalue weighted by Gasteiger charge is -2.39. The summed E-state index contributed by atoms with van der Waals surface area (Å²) in [5, 5.41) is 3.41. The number of rotatable bonds is 5. The molecule has 30 heavy (non-hydrogen) atoms. The normalized spacial score (nSPS) is 24.7. The molecule has 2 atom stereocenters. The number of anilines is 2. The maximum absolute atomic E-state index is 14.1. The highest BCUT2D eigenvalue weighted by molar-refractivity contribution is 5.73. The quantitative estimate of drug-likeness (QED) is 0.811. The molecule has 5 rings (SSSR count). The van der Waals surface area contributed by atoms with Gasteiger partial charge >= 0.3 is 0 Å². The van der Waals surface area contributed by atoms with Crippen molar-refractivity contribution in [3.63, 3.8) is 0 Å². The van der Waals surface area contributed by atoms with E-state index in [1.54, 1.807) is 6.07 Å². The fourth-order valence-corrected chi connectivity index (χ4v) is 5.43. The van der Waals surface area contributed by atoms with E-state index >= 15 is 0 Å². The van der Waals surface area contributed by atoms with Gasteiger partial charge in [0, 0.05) is 62.6 Å². The monoisotopic (exact) mass is 412 g/mol. The van der Waals surface area contributed by atoms with Gasteiger partial charge in [-0.15, -0.1) is 0 Å². The van der Waals surface area contributed by atoms with E-state index in [0.717, 1.165) is 75.7 Å². The fourth-order valence-electron chi connectivity index (χ4n) is 5.43. The minimum Gasteiger partial charge on any atom is -0.337 e. The average Bonchev–Trinajstić information content (AvgIpc) is 3.08. The van der Waals surface area contributed by atoms with E-state index in [2.05, 4.69) is 20.0 Å². The van der Waals surface area contributed by atoms with Gasteiger partial charge in [0.1, 0.15) is 11.6 Å². The molecule has 0 saturated carbocycles. The zero-order valence-corrected chi connectivity index (χ0v) is 17.4. The lowest BCUT2D eigenvalue weighted by atomic mass is 9.89. The number of nitrogens with zero attached hydrogens (tertiary/aromatic N) is 3. The first-order valence-electron chi connectivity index (χ1n) is 11.2. The van der Waals surface area contributed by atoms with Gasteiger partial charge in [0.15, 0.2) is 0 Å². The van der Waals surface area contributed by atoms with Crippen molar-refractivity contribution < 1.29 is 8.78 Å². The molecular formula is C24H30F2N4. The summed E-state index contributed by atoms with van der Waals surface area (Å²) in [6.45, 7) is 8.73. The minimum absolute atomic E-state index is 0.177. The Labute approximate surface area is 177 Å². The molecule has 1 N–H and O–H groups in total. The summed E-state index contributed by atoms with van der Waals surface area (Å²) in [7, 11) is 0.